The number of nitrogens with zero attached hydrogens (tertiary/aromatic N) is 1. The minimum Gasteiger partial charge on any atom is -0.393 e. The van der Waals surface area contributed by atoms with Gasteiger partial charge in [-0.1, -0.05) is 6.07 Å². The van der Waals surface area contributed by atoms with E-state index in [1.165, 1.54) is 16.2 Å². The molecule has 1 fully saturated rings. The number of hydrogen-bond donors (Lipinski definition) is 2. The van der Waals surface area contributed by atoms with Crippen LogP contribution in [0, 0.1) is 0 Å². The SMILES string of the molecule is CN(CC(=O)NC1CC(O)C1)C(=O)c1cccs1. The van der Waals surface area contributed by atoms with Crippen LogP contribution >= 0.6 is 11.3 Å². The Kier molecular flexibility index (Phi) is 3.98. The monoisotopic (exact) mass is 268 g/mol. The van der Waals surface area contributed by atoms with Crippen LogP contribution in [0.4, 0.5) is 0 Å². The van der Waals surface area contributed by atoms with E-state index in [1.54, 1.807) is 13.1 Å². The van der Waals surface area contributed by atoms with Crippen LogP contribution < -0.4 is 5.32 Å². The second-order valence-electron chi connectivity index (χ2n) is 4.53. The Morgan fingerprint density at radius 2 is 2.28 bits per heavy atom. The molecule has 1 aliphatic carbocycles. The molecule has 0 radical (unpaired) electrons. The lowest BCUT2D eigenvalue weighted by Crippen LogP contribution is -2.49. The first kappa shape index (κ1) is 13.0. The van der Waals surface area contributed by atoms with Crippen LogP contribution in [0.5, 0.6) is 0 Å². The van der Waals surface area contributed by atoms with Crippen LogP contribution in [0.1, 0.15) is 22.5 Å². The molecule has 0 aromatic carbocycles. The quantitative estimate of drug-likeness (QED) is 0.833. The molecular weight excluding hydrogens is 252 g/mol. The molecule has 0 aliphatic heterocycles. The van der Waals surface area contributed by atoms with Crippen molar-refractivity contribution in [1.29, 1.82) is 0 Å². The Morgan fingerprint density at radius 1 is 1.56 bits per heavy atom. The molecule has 2 N–H and O–H groups in total. The van der Waals surface area contributed by atoms with Gasteiger partial charge in [-0.3, -0.25) is 9.59 Å². The molecule has 2 amide bonds. The van der Waals surface area contributed by atoms with Crippen molar-refractivity contribution in [1.82, 2.24) is 10.2 Å². The largest absolute Gasteiger partial charge is 0.393 e. The Bertz CT molecular complexity index is 427. The molecule has 0 spiro atoms. The second-order valence-corrected chi connectivity index (χ2v) is 5.48. The molecule has 1 aromatic heterocycles. The number of amides is 2. The minimum absolute atomic E-state index is 0.0450. The number of aliphatic hydroxyl groups is 1. The number of carbonyl (C=O) groups is 2. The predicted molar refractivity (Wildman–Crippen MR) is 68.5 cm³/mol. The summed E-state index contributed by atoms with van der Waals surface area (Å²) in [6.07, 6.45) is 0.920. The van der Waals surface area contributed by atoms with Gasteiger partial charge in [-0.25, -0.2) is 0 Å². The fourth-order valence-corrected chi connectivity index (χ4v) is 2.57. The fraction of sp³-hybridized carbons (Fsp3) is 0.500. The van der Waals surface area contributed by atoms with Crippen molar-refractivity contribution in [2.45, 2.75) is 25.0 Å². The maximum absolute atomic E-state index is 11.9. The van der Waals surface area contributed by atoms with Gasteiger partial charge < -0.3 is 15.3 Å². The summed E-state index contributed by atoms with van der Waals surface area (Å²) in [5.74, 6) is -0.326. The lowest BCUT2D eigenvalue weighted by molar-refractivity contribution is -0.123. The molecule has 0 atom stereocenters. The third-order valence-electron chi connectivity index (χ3n) is 2.94. The summed E-state index contributed by atoms with van der Waals surface area (Å²) in [5.41, 5.74) is 0. The summed E-state index contributed by atoms with van der Waals surface area (Å²) in [6, 6.07) is 3.60. The lowest BCUT2D eigenvalue weighted by atomic mass is 9.89. The maximum Gasteiger partial charge on any atom is 0.264 e. The summed E-state index contributed by atoms with van der Waals surface area (Å²) >= 11 is 1.36. The Morgan fingerprint density at radius 3 is 2.83 bits per heavy atom. The Balaban J connectivity index is 1.78. The van der Waals surface area contributed by atoms with Gasteiger partial charge in [0.2, 0.25) is 5.91 Å². The molecule has 98 valence electrons. The van der Waals surface area contributed by atoms with Gasteiger partial charge in [-0.15, -0.1) is 11.3 Å². The van der Waals surface area contributed by atoms with E-state index in [9.17, 15) is 9.59 Å². The molecule has 0 unspecified atom stereocenters. The third-order valence-corrected chi connectivity index (χ3v) is 3.80. The fourth-order valence-electron chi connectivity index (χ4n) is 1.85. The van der Waals surface area contributed by atoms with Crippen LogP contribution in [0.2, 0.25) is 0 Å². The van der Waals surface area contributed by atoms with E-state index < -0.39 is 0 Å². The molecular formula is C12H16N2O3S. The van der Waals surface area contributed by atoms with E-state index in [0.717, 1.165) is 0 Å². The summed E-state index contributed by atoms with van der Waals surface area (Å²) in [6.45, 7) is 0.0450. The minimum atomic E-state index is -0.291. The average Bonchev–Trinajstić information content (AvgIpc) is 2.79. The highest BCUT2D eigenvalue weighted by atomic mass is 32.1. The van der Waals surface area contributed by atoms with Crippen LogP contribution in [0.25, 0.3) is 0 Å². The molecule has 1 aromatic rings. The van der Waals surface area contributed by atoms with Crippen molar-refractivity contribution in [3.8, 4) is 0 Å². The number of carbonyl (C=O) groups excluding carboxylic acids is 2. The molecule has 2 rings (SSSR count). The van der Waals surface area contributed by atoms with Crippen LogP contribution in [-0.4, -0.2) is 47.6 Å². The highest BCUT2D eigenvalue weighted by Crippen LogP contribution is 2.19. The van der Waals surface area contributed by atoms with Gasteiger partial charge in [0, 0.05) is 13.1 Å². The van der Waals surface area contributed by atoms with Gasteiger partial charge in [0.25, 0.3) is 5.91 Å². The zero-order chi connectivity index (χ0) is 13.1. The van der Waals surface area contributed by atoms with E-state index in [2.05, 4.69) is 5.32 Å². The summed E-state index contributed by atoms with van der Waals surface area (Å²) in [4.78, 5) is 25.6. The van der Waals surface area contributed by atoms with Crippen molar-refractivity contribution < 1.29 is 14.7 Å². The number of aliphatic hydroxyl groups excluding tert-OH is 1. The van der Waals surface area contributed by atoms with Crippen molar-refractivity contribution >= 4 is 23.2 Å². The van der Waals surface area contributed by atoms with Gasteiger partial charge in [0.15, 0.2) is 0 Å². The molecule has 18 heavy (non-hydrogen) atoms. The van der Waals surface area contributed by atoms with E-state index in [1.807, 2.05) is 11.4 Å². The maximum atomic E-state index is 11.9. The highest BCUT2D eigenvalue weighted by Gasteiger charge is 2.28. The van der Waals surface area contributed by atoms with Gasteiger partial charge in [0.1, 0.15) is 0 Å². The smallest absolute Gasteiger partial charge is 0.264 e. The second kappa shape index (κ2) is 5.49. The Labute approximate surface area is 109 Å². The molecule has 1 aliphatic rings. The van der Waals surface area contributed by atoms with E-state index in [0.29, 0.717) is 17.7 Å². The molecule has 6 heteroatoms. The zero-order valence-electron chi connectivity index (χ0n) is 10.1. The van der Waals surface area contributed by atoms with Crippen LogP contribution in [0.3, 0.4) is 0 Å². The number of hydrogen-bond acceptors (Lipinski definition) is 4. The van der Waals surface area contributed by atoms with Gasteiger partial charge in [-0.2, -0.15) is 0 Å². The first-order chi connectivity index (χ1) is 8.56. The predicted octanol–water partition coefficient (Wildman–Crippen LogP) is 0.460. The summed E-state index contributed by atoms with van der Waals surface area (Å²) in [7, 11) is 1.61. The molecule has 1 saturated carbocycles. The van der Waals surface area contributed by atoms with E-state index in [-0.39, 0.29) is 30.5 Å². The first-order valence-corrected chi connectivity index (χ1v) is 6.70. The first-order valence-electron chi connectivity index (χ1n) is 5.82. The highest BCUT2D eigenvalue weighted by molar-refractivity contribution is 7.12. The molecule has 5 nitrogen and oxygen atoms in total. The molecule has 0 saturated heterocycles. The topological polar surface area (TPSA) is 69.6 Å². The van der Waals surface area contributed by atoms with Crippen LogP contribution in [-0.2, 0) is 4.79 Å². The summed E-state index contributed by atoms with van der Waals surface area (Å²) in [5, 5.41) is 13.7. The van der Waals surface area contributed by atoms with E-state index in [4.69, 9.17) is 5.11 Å². The number of nitrogens with one attached hydrogen (secondary N) is 1. The van der Waals surface area contributed by atoms with Crippen molar-refractivity contribution in [2.24, 2.45) is 0 Å². The number of rotatable bonds is 4. The Hall–Kier alpha value is -1.40. The van der Waals surface area contributed by atoms with Crippen LogP contribution in [0.15, 0.2) is 17.5 Å². The number of thiophene rings is 1. The van der Waals surface area contributed by atoms with Crippen molar-refractivity contribution in [3.05, 3.63) is 22.4 Å². The third kappa shape index (κ3) is 3.08. The van der Waals surface area contributed by atoms with Crippen molar-refractivity contribution in [3.63, 3.8) is 0 Å². The standard InChI is InChI=1S/C12H16N2O3S/c1-14(12(17)10-3-2-4-18-10)7-11(16)13-8-5-9(15)6-8/h2-4,8-9,15H,5-7H2,1H3,(H,13,16). The van der Waals surface area contributed by atoms with E-state index >= 15 is 0 Å². The normalized spacial score (nSPS) is 22.1. The van der Waals surface area contributed by atoms with Crippen molar-refractivity contribution in [2.75, 3.05) is 13.6 Å². The average molecular weight is 268 g/mol. The van der Waals surface area contributed by atoms with Gasteiger partial charge >= 0.3 is 0 Å². The van der Waals surface area contributed by atoms with Gasteiger partial charge in [0.05, 0.1) is 17.5 Å². The number of likely N-dealkylation sites (N-methyl/N-ethyl adjacent to an activating group) is 1. The zero-order valence-corrected chi connectivity index (χ0v) is 10.9. The molecule has 0 bridgehead atoms. The molecule has 1 heterocycles. The lowest BCUT2D eigenvalue weighted by Gasteiger charge is -2.32. The summed E-state index contributed by atoms with van der Waals surface area (Å²) < 4.78 is 0. The van der Waals surface area contributed by atoms with Gasteiger partial charge in [-0.05, 0) is 24.3 Å².